The molecule has 0 atom stereocenters. The highest BCUT2D eigenvalue weighted by atomic mass is 16.1. The molecule has 0 amide bonds. The Morgan fingerprint density at radius 1 is 1.36 bits per heavy atom. The lowest BCUT2D eigenvalue weighted by atomic mass is 10.3. The lowest BCUT2D eigenvalue weighted by molar-refractivity contribution is 0.565. The SMILES string of the molecule is C=C/C=C\C(=C/C=C)N=C=O. The van der Waals surface area contributed by atoms with Crippen LogP contribution in [0.1, 0.15) is 0 Å². The van der Waals surface area contributed by atoms with Crippen LogP contribution in [-0.2, 0) is 4.79 Å². The van der Waals surface area contributed by atoms with Crippen molar-refractivity contribution in [3.8, 4) is 0 Å². The number of hydrogen-bond donors (Lipinski definition) is 0. The smallest absolute Gasteiger partial charge is 0.211 e. The first-order valence-electron chi connectivity index (χ1n) is 3.05. The lowest BCUT2D eigenvalue weighted by Gasteiger charge is -1.83. The molecule has 56 valence electrons. The summed E-state index contributed by atoms with van der Waals surface area (Å²) in [5.74, 6) is 0. The molecule has 0 unspecified atom stereocenters. The zero-order chi connectivity index (χ0) is 8.53. The maximum Gasteiger partial charge on any atom is 0.240 e. The highest BCUT2D eigenvalue weighted by molar-refractivity contribution is 5.40. The van der Waals surface area contributed by atoms with Gasteiger partial charge < -0.3 is 0 Å². The van der Waals surface area contributed by atoms with E-state index in [1.165, 1.54) is 6.08 Å². The minimum Gasteiger partial charge on any atom is -0.211 e. The topological polar surface area (TPSA) is 29.4 Å². The number of aliphatic imine (C=N–C) groups is 1. The molecule has 0 heterocycles. The van der Waals surface area contributed by atoms with Crippen molar-refractivity contribution in [3.05, 3.63) is 49.2 Å². The first-order chi connectivity index (χ1) is 5.35. The zero-order valence-corrected chi connectivity index (χ0v) is 6.16. The van der Waals surface area contributed by atoms with Crippen molar-refractivity contribution in [2.45, 2.75) is 0 Å². The van der Waals surface area contributed by atoms with Crippen molar-refractivity contribution < 1.29 is 4.79 Å². The second-order valence-electron chi connectivity index (χ2n) is 1.63. The van der Waals surface area contributed by atoms with Crippen LogP contribution in [0.25, 0.3) is 0 Å². The Bertz CT molecular complexity index is 242. The molecule has 0 saturated carbocycles. The Kier molecular flexibility index (Phi) is 5.49. The monoisotopic (exact) mass is 147 g/mol. The number of rotatable bonds is 4. The summed E-state index contributed by atoms with van der Waals surface area (Å²) in [5, 5.41) is 0. The fourth-order valence-corrected chi connectivity index (χ4v) is 0.470. The van der Waals surface area contributed by atoms with Crippen molar-refractivity contribution in [1.82, 2.24) is 0 Å². The third-order valence-electron chi connectivity index (χ3n) is 0.866. The molecule has 0 bridgehead atoms. The highest BCUT2D eigenvalue weighted by Crippen LogP contribution is 1.97. The maximum atomic E-state index is 9.83. The van der Waals surface area contributed by atoms with Crippen LogP contribution in [0, 0.1) is 0 Å². The quantitative estimate of drug-likeness (QED) is 0.340. The van der Waals surface area contributed by atoms with Crippen LogP contribution in [0.5, 0.6) is 0 Å². The summed E-state index contributed by atoms with van der Waals surface area (Å²) in [6.07, 6.45) is 9.49. The standard InChI is InChI=1S/C9H9NO/c1-3-5-7-9(6-4-2)10-8-11/h3-7H,1-2H2/b7-5-,9-6+. The predicted octanol–water partition coefficient (Wildman–Crippen LogP) is 2.13. The predicted molar refractivity (Wildman–Crippen MR) is 45.7 cm³/mol. The van der Waals surface area contributed by atoms with E-state index in [9.17, 15) is 4.79 Å². The summed E-state index contributed by atoms with van der Waals surface area (Å²) in [4.78, 5) is 13.2. The Morgan fingerprint density at radius 3 is 2.55 bits per heavy atom. The molecule has 2 heteroatoms. The van der Waals surface area contributed by atoms with Gasteiger partial charge in [0, 0.05) is 0 Å². The van der Waals surface area contributed by atoms with Crippen LogP contribution < -0.4 is 0 Å². The van der Waals surface area contributed by atoms with Gasteiger partial charge in [0.1, 0.15) is 0 Å². The van der Waals surface area contributed by atoms with Crippen molar-refractivity contribution in [3.63, 3.8) is 0 Å². The summed E-state index contributed by atoms with van der Waals surface area (Å²) in [5.41, 5.74) is 0.509. The van der Waals surface area contributed by atoms with E-state index in [1.807, 2.05) is 0 Å². The van der Waals surface area contributed by atoms with E-state index < -0.39 is 0 Å². The van der Waals surface area contributed by atoms with Crippen LogP contribution in [0.2, 0.25) is 0 Å². The summed E-state index contributed by atoms with van der Waals surface area (Å²) in [6.45, 7) is 6.94. The highest BCUT2D eigenvalue weighted by Gasteiger charge is 1.81. The molecule has 11 heavy (non-hydrogen) atoms. The average Bonchev–Trinajstić information content (AvgIpc) is 2.01. The van der Waals surface area contributed by atoms with Crippen LogP contribution in [-0.4, -0.2) is 6.08 Å². The molecule has 0 saturated heterocycles. The van der Waals surface area contributed by atoms with E-state index in [4.69, 9.17) is 0 Å². The van der Waals surface area contributed by atoms with Crippen LogP contribution >= 0.6 is 0 Å². The maximum absolute atomic E-state index is 9.83. The van der Waals surface area contributed by atoms with Gasteiger partial charge in [-0.05, 0) is 12.2 Å². The Labute approximate surface area is 66.0 Å². The molecule has 0 rings (SSSR count). The van der Waals surface area contributed by atoms with Crippen LogP contribution in [0.4, 0.5) is 0 Å². The molecule has 0 N–H and O–H groups in total. The fraction of sp³-hybridized carbons (Fsp3) is 0. The van der Waals surface area contributed by atoms with Gasteiger partial charge >= 0.3 is 0 Å². The van der Waals surface area contributed by atoms with Gasteiger partial charge in [-0.15, -0.1) is 0 Å². The number of allylic oxidation sites excluding steroid dienone is 5. The molecule has 0 aromatic carbocycles. The lowest BCUT2D eigenvalue weighted by Crippen LogP contribution is -1.68. The summed E-state index contributed by atoms with van der Waals surface area (Å²) in [7, 11) is 0. The second-order valence-corrected chi connectivity index (χ2v) is 1.63. The van der Waals surface area contributed by atoms with Crippen molar-refractivity contribution in [1.29, 1.82) is 0 Å². The molecule has 0 aromatic heterocycles. The number of isocyanates is 1. The molecular weight excluding hydrogens is 138 g/mol. The third-order valence-corrected chi connectivity index (χ3v) is 0.866. The van der Waals surface area contributed by atoms with Crippen molar-refractivity contribution in [2.24, 2.45) is 4.99 Å². The minimum atomic E-state index is 0.509. The third kappa shape index (κ3) is 4.82. The van der Waals surface area contributed by atoms with Gasteiger partial charge in [0.05, 0.1) is 5.70 Å². The van der Waals surface area contributed by atoms with E-state index >= 15 is 0 Å². The normalized spacial score (nSPS) is 10.7. The molecule has 2 nitrogen and oxygen atoms in total. The molecule has 0 aliphatic heterocycles. The van der Waals surface area contributed by atoms with Crippen LogP contribution in [0.15, 0.2) is 54.2 Å². The second kappa shape index (κ2) is 6.46. The molecule has 0 fully saturated rings. The van der Waals surface area contributed by atoms with Gasteiger partial charge in [-0.1, -0.05) is 31.4 Å². The zero-order valence-electron chi connectivity index (χ0n) is 6.16. The van der Waals surface area contributed by atoms with Crippen molar-refractivity contribution in [2.75, 3.05) is 0 Å². The van der Waals surface area contributed by atoms with E-state index in [0.29, 0.717) is 5.70 Å². The minimum absolute atomic E-state index is 0.509. The van der Waals surface area contributed by atoms with Crippen LogP contribution in [0.3, 0.4) is 0 Å². The fourth-order valence-electron chi connectivity index (χ4n) is 0.470. The van der Waals surface area contributed by atoms with Gasteiger partial charge in [0.15, 0.2) is 0 Å². The Morgan fingerprint density at radius 2 is 2.09 bits per heavy atom. The summed E-state index contributed by atoms with van der Waals surface area (Å²) >= 11 is 0. The average molecular weight is 147 g/mol. The van der Waals surface area contributed by atoms with Gasteiger partial charge in [-0.25, -0.2) is 4.79 Å². The molecule has 0 radical (unpaired) electrons. The molecule has 0 aromatic rings. The van der Waals surface area contributed by atoms with Crippen molar-refractivity contribution >= 4 is 6.08 Å². The number of hydrogen-bond acceptors (Lipinski definition) is 2. The number of carbonyl (C=O) groups excluding carboxylic acids is 1. The van der Waals surface area contributed by atoms with Gasteiger partial charge in [-0.3, -0.25) is 0 Å². The number of nitrogens with zero attached hydrogens (tertiary/aromatic N) is 1. The molecule has 0 aliphatic carbocycles. The van der Waals surface area contributed by atoms with E-state index in [0.717, 1.165) is 0 Å². The first-order valence-corrected chi connectivity index (χ1v) is 3.05. The van der Waals surface area contributed by atoms with E-state index in [-0.39, 0.29) is 0 Å². The Hall–Kier alpha value is -1.66. The Balaban J connectivity index is 4.46. The molecular formula is C9H9NO. The summed E-state index contributed by atoms with van der Waals surface area (Å²) < 4.78 is 0. The van der Waals surface area contributed by atoms with Gasteiger partial charge in [0.25, 0.3) is 0 Å². The van der Waals surface area contributed by atoms with Gasteiger partial charge in [-0.2, -0.15) is 4.99 Å². The molecule has 0 aliphatic rings. The largest absolute Gasteiger partial charge is 0.240 e. The molecule has 0 spiro atoms. The van der Waals surface area contributed by atoms with E-state index in [1.54, 1.807) is 30.4 Å². The first kappa shape index (κ1) is 9.34. The van der Waals surface area contributed by atoms with Gasteiger partial charge in [0.2, 0.25) is 6.08 Å². The van der Waals surface area contributed by atoms with E-state index in [2.05, 4.69) is 18.2 Å². The summed E-state index contributed by atoms with van der Waals surface area (Å²) in [6, 6.07) is 0.